The van der Waals surface area contributed by atoms with Gasteiger partial charge in [0.15, 0.2) is 0 Å². The summed E-state index contributed by atoms with van der Waals surface area (Å²) >= 11 is 0. The molecule has 0 aromatic rings. The molecular weight excluding hydrogens is 713 g/mol. The molecule has 0 aliphatic heterocycles. The molecule has 314 valence electrons. The number of nitrogens with one attached hydrogen (secondary N) is 3. The third-order valence-electron chi connectivity index (χ3n) is 8.38. The lowest BCUT2D eigenvalue weighted by Crippen LogP contribution is -2.44. The summed E-state index contributed by atoms with van der Waals surface area (Å²) in [6.45, 7) is 13.9. The number of unbranched alkanes of at least 4 members (excludes halogenated alkanes) is 2. The number of aliphatic hydroxyl groups excluding tert-OH is 3. The number of hydrogen-bond acceptors (Lipinski definition) is 16. The monoisotopic (exact) mass is 791 g/mol. The Balaban J connectivity index is 4.20. The molecule has 6 N–H and O–H groups in total. The van der Waals surface area contributed by atoms with Gasteiger partial charge in [0.1, 0.15) is 0 Å². The van der Waals surface area contributed by atoms with Crippen molar-refractivity contribution in [3.05, 3.63) is 0 Å². The number of aliphatic hydroxyl groups is 3. The highest BCUT2D eigenvalue weighted by molar-refractivity contribution is 6.60. The van der Waals surface area contributed by atoms with Crippen LogP contribution in [0.2, 0.25) is 12.1 Å². The summed E-state index contributed by atoms with van der Waals surface area (Å²) in [5.74, 6) is 0. The first-order valence-electron chi connectivity index (χ1n) is 18.8. The number of nitrogens with zero attached hydrogens (tertiary/aromatic N) is 1. The lowest BCUT2D eigenvalue weighted by molar-refractivity contribution is -0.0559. The van der Waals surface area contributed by atoms with Crippen molar-refractivity contribution in [3.8, 4) is 0 Å². The molecule has 0 rings (SSSR count). The van der Waals surface area contributed by atoms with Crippen LogP contribution in [-0.4, -0.2) is 196 Å². The molecule has 0 aliphatic rings. The van der Waals surface area contributed by atoms with E-state index < -0.39 is 35.9 Å². The fourth-order valence-corrected chi connectivity index (χ4v) is 8.63. The average molecular weight is 791 g/mol. The quantitative estimate of drug-likeness (QED) is 0.0379. The van der Waals surface area contributed by atoms with Crippen LogP contribution < -0.4 is 16.0 Å². The van der Waals surface area contributed by atoms with Crippen LogP contribution in [0, 0.1) is 0 Å². The summed E-state index contributed by atoms with van der Waals surface area (Å²) < 4.78 is 49.5. The second-order valence-corrected chi connectivity index (χ2v) is 20.0. The van der Waals surface area contributed by atoms with Crippen molar-refractivity contribution in [2.45, 2.75) is 88.9 Å². The van der Waals surface area contributed by atoms with Gasteiger partial charge in [0.05, 0.1) is 43.7 Å². The normalized spacial score (nSPS) is 14.7. The molecule has 0 heterocycles. The van der Waals surface area contributed by atoms with Gasteiger partial charge in [-0.1, -0.05) is 6.42 Å². The highest BCUT2D eigenvalue weighted by atomic mass is 28.4. The van der Waals surface area contributed by atoms with Crippen molar-refractivity contribution in [1.29, 1.82) is 0 Å². The van der Waals surface area contributed by atoms with E-state index >= 15 is 0 Å². The lowest BCUT2D eigenvalue weighted by atomic mass is 10.2. The third kappa shape index (κ3) is 27.4. The van der Waals surface area contributed by atoms with Crippen molar-refractivity contribution in [1.82, 2.24) is 20.9 Å². The highest BCUT2D eigenvalue weighted by Crippen LogP contribution is 2.16. The molecular formula is C34H78N4O12Si2. The van der Waals surface area contributed by atoms with E-state index in [4.69, 9.17) is 40.8 Å². The maximum Gasteiger partial charge on any atom is 0.500 e. The first-order valence-corrected chi connectivity index (χ1v) is 22.7. The standard InChI is InChI=1S/C34H78N4O12Si2/c1-34(2,3)50-30-33(41)27-38(20-18-37-26-32(40)29-49-22-14-24-52(45-7,46-8)47-9)19-17-35-15-11-10-12-16-36-25-31(39)28-48-21-13-23-51(42-4,43-5)44-6/h31-33,35-37,39-41H,10-30H2,1-9H3. The van der Waals surface area contributed by atoms with Gasteiger partial charge >= 0.3 is 17.6 Å². The maximum absolute atomic E-state index is 10.6. The second kappa shape index (κ2) is 31.9. The fourth-order valence-electron chi connectivity index (χ4n) is 5.26. The predicted molar refractivity (Wildman–Crippen MR) is 207 cm³/mol. The summed E-state index contributed by atoms with van der Waals surface area (Å²) in [5, 5.41) is 41.3. The topological polar surface area (TPSA) is 183 Å². The molecule has 3 atom stereocenters. The van der Waals surface area contributed by atoms with E-state index in [1.807, 2.05) is 20.8 Å². The van der Waals surface area contributed by atoms with Crippen LogP contribution in [-0.2, 0) is 40.8 Å². The molecule has 0 aromatic carbocycles. The SMILES string of the molecule is CO[Si](CCCOCC(O)CNCCCCCNCCN(CCNCC(O)COCCC[Si](OC)(OC)OC)CC(O)COC(C)(C)C)(OC)OC. The van der Waals surface area contributed by atoms with E-state index in [1.165, 1.54) is 0 Å². The van der Waals surface area contributed by atoms with Gasteiger partial charge < -0.3 is 72.0 Å². The Morgan fingerprint density at radius 3 is 1.40 bits per heavy atom. The molecule has 3 unspecified atom stereocenters. The minimum atomic E-state index is -2.60. The zero-order valence-corrected chi connectivity index (χ0v) is 36.0. The van der Waals surface area contributed by atoms with E-state index in [2.05, 4.69) is 20.9 Å². The summed E-state index contributed by atoms with van der Waals surface area (Å²) in [5.41, 5.74) is -0.311. The molecule has 16 nitrogen and oxygen atoms in total. The van der Waals surface area contributed by atoms with E-state index in [-0.39, 0.29) is 25.4 Å². The van der Waals surface area contributed by atoms with Gasteiger partial charge in [0, 0.05) is 114 Å². The van der Waals surface area contributed by atoms with Gasteiger partial charge in [0.25, 0.3) is 0 Å². The van der Waals surface area contributed by atoms with Crippen molar-refractivity contribution in [3.63, 3.8) is 0 Å². The lowest BCUT2D eigenvalue weighted by Gasteiger charge is -2.27. The number of rotatable bonds is 38. The van der Waals surface area contributed by atoms with Crippen molar-refractivity contribution in [2.24, 2.45) is 0 Å². The molecule has 0 aliphatic carbocycles. The van der Waals surface area contributed by atoms with Crippen molar-refractivity contribution >= 4 is 17.6 Å². The Hall–Kier alpha value is -0.206. The van der Waals surface area contributed by atoms with E-state index in [1.54, 1.807) is 42.7 Å². The minimum Gasteiger partial charge on any atom is -0.389 e. The van der Waals surface area contributed by atoms with Crippen LogP contribution >= 0.6 is 0 Å². The van der Waals surface area contributed by atoms with Crippen LogP contribution in [0.25, 0.3) is 0 Å². The van der Waals surface area contributed by atoms with Gasteiger partial charge in [-0.3, -0.25) is 4.90 Å². The second-order valence-electron chi connectivity index (χ2n) is 13.9. The molecule has 0 bridgehead atoms. The molecule has 0 saturated heterocycles. The van der Waals surface area contributed by atoms with E-state index in [9.17, 15) is 15.3 Å². The first kappa shape index (κ1) is 51.8. The molecule has 52 heavy (non-hydrogen) atoms. The zero-order valence-electron chi connectivity index (χ0n) is 34.0. The Morgan fingerprint density at radius 1 is 0.538 bits per heavy atom. The molecule has 0 saturated carbocycles. The molecule has 0 radical (unpaired) electrons. The minimum absolute atomic E-state index is 0.238. The van der Waals surface area contributed by atoms with Gasteiger partial charge in [0.2, 0.25) is 0 Å². The fraction of sp³-hybridized carbons (Fsp3) is 1.00. The Morgan fingerprint density at radius 2 is 0.962 bits per heavy atom. The van der Waals surface area contributed by atoms with E-state index in [0.717, 1.165) is 64.8 Å². The smallest absolute Gasteiger partial charge is 0.389 e. The molecule has 0 aromatic heterocycles. The van der Waals surface area contributed by atoms with Crippen LogP contribution in [0.15, 0.2) is 0 Å². The first-order chi connectivity index (χ1) is 24.8. The molecule has 0 spiro atoms. The molecule has 18 heteroatoms. The average Bonchev–Trinajstić information content (AvgIpc) is 3.13. The summed E-state index contributed by atoms with van der Waals surface area (Å²) in [7, 11) is 4.39. The Labute approximate surface area is 317 Å². The summed E-state index contributed by atoms with van der Waals surface area (Å²) in [6.07, 6.45) is 2.85. The van der Waals surface area contributed by atoms with Crippen LogP contribution in [0.3, 0.4) is 0 Å². The highest BCUT2D eigenvalue weighted by Gasteiger charge is 2.37. The summed E-state index contributed by atoms with van der Waals surface area (Å²) in [4.78, 5) is 2.21. The van der Waals surface area contributed by atoms with Gasteiger partial charge in [-0.25, -0.2) is 0 Å². The van der Waals surface area contributed by atoms with Gasteiger partial charge in [-0.15, -0.1) is 0 Å². The Bertz CT molecular complexity index is 786. The van der Waals surface area contributed by atoms with Gasteiger partial charge in [-0.05, 0) is 59.5 Å². The zero-order chi connectivity index (χ0) is 39.1. The van der Waals surface area contributed by atoms with Crippen LogP contribution in [0.1, 0.15) is 52.9 Å². The maximum atomic E-state index is 10.6. The summed E-state index contributed by atoms with van der Waals surface area (Å²) in [6, 6.07) is 1.31. The van der Waals surface area contributed by atoms with Crippen LogP contribution in [0.4, 0.5) is 0 Å². The molecule has 0 fully saturated rings. The van der Waals surface area contributed by atoms with Gasteiger partial charge in [-0.2, -0.15) is 0 Å². The Kier molecular flexibility index (Phi) is 31.8. The van der Waals surface area contributed by atoms with E-state index in [0.29, 0.717) is 51.5 Å². The van der Waals surface area contributed by atoms with Crippen LogP contribution in [0.5, 0.6) is 0 Å². The number of ether oxygens (including phenoxy) is 3. The van der Waals surface area contributed by atoms with Crippen molar-refractivity contribution < 1.29 is 56.1 Å². The molecule has 0 amide bonds. The third-order valence-corrected chi connectivity index (χ3v) is 14.0. The van der Waals surface area contributed by atoms with Crippen molar-refractivity contribution in [2.75, 3.05) is 135 Å². The number of hydrogen-bond donors (Lipinski definition) is 6. The largest absolute Gasteiger partial charge is 0.500 e. The predicted octanol–water partition coefficient (Wildman–Crippen LogP) is 0.695.